The van der Waals surface area contributed by atoms with Crippen LogP contribution in [0.1, 0.15) is 39.0 Å². The number of unbranched alkanes of at least 4 members (excludes halogenated alkanes) is 3. The van der Waals surface area contributed by atoms with Gasteiger partial charge in [-0.2, -0.15) is 8.42 Å². The van der Waals surface area contributed by atoms with Crippen LogP contribution in [-0.2, 0) is 29.2 Å². The Morgan fingerprint density at radius 3 is 2.29 bits per heavy atom. The number of hydrogen-bond donors (Lipinski definition) is 2. The number of esters is 1. The van der Waals surface area contributed by atoms with Gasteiger partial charge in [0.1, 0.15) is 6.61 Å². The molecule has 0 amide bonds. The first kappa shape index (κ1) is 19.8. The molecule has 9 heteroatoms. The predicted octanol–water partition coefficient (Wildman–Crippen LogP) is 0.858. The molecule has 0 fully saturated rings. The smallest absolute Gasteiger partial charge is 0.327 e. The minimum Gasteiger partial charge on any atom is -0.481 e. The molecule has 124 valence electrons. The average molecular weight is 326 g/mol. The van der Waals surface area contributed by atoms with Crippen LogP contribution in [0.2, 0.25) is 0 Å². The largest absolute Gasteiger partial charge is 0.481 e. The van der Waals surface area contributed by atoms with Crippen LogP contribution < -0.4 is 0 Å². The summed E-state index contributed by atoms with van der Waals surface area (Å²) in [5, 5.41) is 6.39. The number of carbonyl (C=O) groups is 2. The first-order valence-corrected chi connectivity index (χ1v) is 8.21. The maximum absolute atomic E-state index is 11.4. The maximum Gasteiger partial charge on any atom is 0.327 e. The molecule has 0 aromatic heterocycles. The van der Waals surface area contributed by atoms with Crippen molar-refractivity contribution in [3.63, 3.8) is 0 Å². The van der Waals surface area contributed by atoms with E-state index in [0.29, 0.717) is 6.61 Å². The number of rotatable bonds is 12. The summed E-state index contributed by atoms with van der Waals surface area (Å²) < 4.78 is 40.4. The summed E-state index contributed by atoms with van der Waals surface area (Å²) in [7, 11) is -4.81. The molecule has 0 bridgehead atoms. The second-order valence-corrected chi connectivity index (χ2v) is 6.04. The van der Waals surface area contributed by atoms with E-state index in [4.69, 9.17) is 14.4 Å². The van der Waals surface area contributed by atoms with Crippen LogP contribution >= 0.6 is 0 Å². The molecule has 0 radical (unpaired) electrons. The van der Waals surface area contributed by atoms with Crippen molar-refractivity contribution >= 4 is 22.1 Å². The zero-order valence-electron chi connectivity index (χ0n) is 12.0. The van der Waals surface area contributed by atoms with E-state index in [1.807, 2.05) is 0 Å². The molecule has 8 nitrogen and oxygen atoms in total. The maximum atomic E-state index is 11.4. The summed E-state index contributed by atoms with van der Waals surface area (Å²) in [5.74, 6) is -2.82. The van der Waals surface area contributed by atoms with E-state index < -0.39 is 33.7 Å². The van der Waals surface area contributed by atoms with Gasteiger partial charge in [0.25, 0.3) is 10.1 Å². The number of aliphatic carboxylic acids is 1. The van der Waals surface area contributed by atoms with E-state index in [9.17, 15) is 18.0 Å². The Balaban J connectivity index is 3.97. The molecule has 0 saturated heterocycles. The zero-order valence-corrected chi connectivity index (χ0v) is 12.8. The summed E-state index contributed by atoms with van der Waals surface area (Å²) in [5.41, 5.74) is 0. The second kappa shape index (κ2) is 10.5. The van der Waals surface area contributed by atoms with Gasteiger partial charge in [-0.25, -0.2) is 0 Å². The lowest BCUT2D eigenvalue weighted by atomic mass is 10.2. The quantitative estimate of drug-likeness (QED) is 0.307. The molecule has 0 spiro atoms. The van der Waals surface area contributed by atoms with Crippen molar-refractivity contribution in [3.05, 3.63) is 0 Å². The van der Waals surface area contributed by atoms with Gasteiger partial charge >= 0.3 is 11.9 Å². The van der Waals surface area contributed by atoms with Crippen molar-refractivity contribution in [3.8, 4) is 0 Å². The monoisotopic (exact) mass is 326 g/mol. The van der Waals surface area contributed by atoms with E-state index in [0.717, 1.165) is 25.7 Å². The van der Waals surface area contributed by atoms with Crippen LogP contribution in [0.5, 0.6) is 0 Å². The standard InChI is InChI=1S/C12H22O8S/c1-2-3-4-5-6-19-7-8-20-12(15)10(9-11(13)14)21(16,17)18/h10H,2-9H2,1H3,(H,13,14)(H,16,17,18). The Hall–Kier alpha value is -1.19. The Kier molecular flexibility index (Phi) is 9.93. The van der Waals surface area contributed by atoms with Gasteiger partial charge < -0.3 is 14.6 Å². The van der Waals surface area contributed by atoms with Gasteiger partial charge in [0.2, 0.25) is 0 Å². The summed E-state index contributed by atoms with van der Waals surface area (Å²) in [6.07, 6.45) is 3.10. The predicted molar refractivity (Wildman–Crippen MR) is 73.5 cm³/mol. The lowest BCUT2D eigenvalue weighted by Crippen LogP contribution is -2.34. The third-order valence-corrected chi connectivity index (χ3v) is 3.67. The highest BCUT2D eigenvalue weighted by atomic mass is 32.2. The summed E-state index contributed by atoms with van der Waals surface area (Å²) >= 11 is 0. The van der Waals surface area contributed by atoms with E-state index >= 15 is 0 Å². The van der Waals surface area contributed by atoms with Gasteiger partial charge in [-0.05, 0) is 6.42 Å². The molecule has 0 aromatic carbocycles. The Morgan fingerprint density at radius 2 is 1.76 bits per heavy atom. The van der Waals surface area contributed by atoms with Gasteiger partial charge in [0, 0.05) is 6.61 Å². The van der Waals surface area contributed by atoms with Crippen molar-refractivity contribution < 1.29 is 37.1 Å². The number of ether oxygens (including phenoxy) is 2. The summed E-state index contributed by atoms with van der Waals surface area (Å²) in [4.78, 5) is 21.9. The van der Waals surface area contributed by atoms with Crippen LogP contribution in [0.3, 0.4) is 0 Å². The lowest BCUT2D eigenvalue weighted by Gasteiger charge is -2.11. The number of carboxylic acids is 1. The number of carbonyl (C=O) groups excluding carboxylic acids is 1. The van der Waals surface area contributed by atoms with E-state index in [1.54, 1.807) is 0 Å². The van der Waals surface area contributed by atoms with Crippen molar-refractivity contribution in [2.45, 2.75) is 44.3 Å². The normalized spacial score (nSPS) is 12.9. The van der Waals surface area contributed by atoms with Crippen LogP contribution in [0.25, 0.3) is 0 Å². The van der Waals surface area contributed by atoms with E-state index in [1.165, 1.54) is 0 Å². The molecule has 0 saturated carbocycles. The third kappa shape index (κ3) is 10.2. The second-order valence-electron chi connectivity index (χ2n) is 4.44. The fraction of sp³-hybridized carbons (Fsp3) is 0.833. The van der Waals surface area contributed by atoms with Crippen LogP contribution in [-0.4, -0.2) is 55.1 Å². The van der Waals surface area contributed by atoms with Gasteiger partial charge in [0.05, 0.1) is 13.0 Å². The van der Waals surface area contributed by atoms with Crippen molar-refractivity contribution in [2.24, 2.45) is 0 Å². The Bertz CT molecular complexity index is 417. The molecular formula is C12H22O8S. The minimum absolute atomic E-state index is 0.0864. The number of carboxylic acid groups (broad SMARTS) is 1. The molecule has 0 aromatic rings. The van der Waals surface area contributed by atoms with E-state index in [2.05, 4.69) is 11.7 Å². The molecule has 0 aliphatic rings. The highest BCUT2D eigenvalue weighted by molar-refractivity contribution is 7.87. The molecule has 0 aliphatic carbocycles. The summed E-state index contributed by atoms with van der Waals surface area (Å²) in [6.45, 7) is 2.48. The van der Waals surface area contributed by atoms with Crippen LogP contribution in [0.4, 0.5) is 0 Å². The minimum atomic E-state index is -4.81. The highest BCUT2D eigenvalue weighted by Crippen LogP contribution is 2.07. The fourth-order valence-corrected chi connectivity index (χ4v) is 2.16. The van der Waals surface area contributed by atoms with Gasteiger partial charge in [-0.3, -0.25) is 14.1 Å². The average Bonchev–Trinajstić information content (AvgIpc) is 2.37. The molecule has 0 rings (SSSR count). The van der Waals surface area contributed by atoms with Crippen LogP contribution in [0.15, 0.2) is 0 Å². The molecule has 21 heavy (non-hydrogen) atoms. The molecule has 2 N–H and O–H groups in total. The topological polar surface area (TPSA) is 127 Å². The summed E-state index contributed by atoms with van der Waals surface area (Å²) in [6, 6.07) is 0. The Labute approximate surface area is 124 Å². The molecule has 0 heterocycles. The van der Waals surface area contributed by atoms with E-state index in [-0.39, 0.29) is 13.2 Å². The molecule has 1 atom stereocenters. The first-order chi connectivity index (χ1) is 9.79. The molecular weight excluding hydrogens is 304 g/mol. The number of hydrogen-bond acceptors (Lipinski definition) is 6. The molecule has 0 aliphatic heterocycles. The van der Waals surface area contributed by atoms with Gasteiger partial charge in [-0.15, -0.1) is 0 Å². The first-order valence-electron chi connectivity index (χ1n) is 6.71. The Morgan fingerprint density at radius 1 is 1.10 bits per heavy atom. The van der Waals surface area contributed by atoms with Gasteiger partial charge in [0.15, 0.2) is 5.25 Å². The molecule has 1 unspecified atom stereocenters. The van der Waals surface area contributed by atoms with Crippen molar-refractivity contribution in [1.82, 2.24) is 0 Å². The van der Waals surface area contributed by atoms with Crippen molar-refractivity contribution in [1.29, 1.82) is 0 Å². The van der Waals surface area contributed by atoms with Gasteiger partial charge in [-0.1, -0.05) is 26.2 Å². The van der Waals surface area contributed by atoms with Crippen LogP contribution in [0, 0.1) is 0 Å². The SMILES string of the molecule is CCCCCCOCCOC(=O)C(CC(=O)O)S(=O)(=O)O. The third-order valence-electron chi connectivity index (χ3n) is 2.60. The van der Waals surface area contributed by atoms with Crippen molar-refractivity contribution in [2.75, 3.05) is 19.8 Å². The fourth-order valence-electron chi connectivity index (χ4n) is 1.50. The lowest BCUT2D eigenvalue weighted by molar-refractivity contribution is -0.148. The highest BCUT2D eigenvalue weighted by Gasteiger charge is 2.34. The zero-order chi connectivity index (χ0) is 16.3.